The molecular formula is C17H24BrN3O. The van der Waals surface area contributed by atoms with Crippen LogP contribution >= 0.6 is 15.9 Å². The van der Waals surface area contributed by atoms with Crippen molar-refractivity contribution in [3.8, 4) is 0 Å². The van der Waals surface area contributed by atoms with Crippen molar-refractivity contribution in [2.24, 2.45) is 0 Å². The Morgan fingerprint density at radius 1 is 1.05 bits per heavy atom. The predicted octanol–water partition coefficient (Wildman–Crippen LogP) is 3.61. The zero-order chi connectivity index (χ0) is 15.4. The van der Waals surface area contributed by atoms with Crippen LogP contribution in [0.15, 0.2) is 28.7 Å². The van der Waals surface area contributed by atoms with E-state index in [1.54, 1.807) is 0 Å². The molecule has 2 aliphatic rings. The van der Waals surface area contributed by atoms with Crippen LogP contribution in [0.5, 0.6) is 0 Å². The van der Waals surface area contributed by atoms with Crippen LogP contribution in [0.2, 0.25) is 0 Å². The summed E-state index contributed by atoms with van der Waals surface area (Å²) >= 11 is 3.61. The number of para-hydroxylation sites is 1. The summed E-state index contributed by atoms with van der Waals surface area (Å²) in [4.78, 5) is 16.7. The monoisotopic (exact) mass is 365 g/mol. The van der Waals surface area contributed by atoms with E-state index in [0.717, 1.165) is 43.5 Å². The van der Waals surface area contributed by atoms with E-state index in [-0.39, 0.29) is 6.03 Å². The zero-order valence-corrected chi connectivity index (χ0v) is 14.5. The van der Waals surface area contributed by atoms with Crippen LogP contribution in [-0.2, 0) is 0 Å². The van der Waals surface area contributed by atoms with Crippen molar-refractivity contribution in [3.63, 3.8) is 0 Å². The van der Waals surface area contributed by atoms with Crippen molar-refractivity contribution < 1.29 is 4.79 Å². The quantitative estimate of drug-likeness (QED) is 0.868. The molecule has 1 heterocycles. The van der Waals surface area contributed by atoms with E-state index >= 15 is 0 Å². The largest absolute Gasteiger partial charge is 0.367 e. The first kappa shape index (κ1) is 15.7. The molecule has 1 saturated carbocycles. The van der Waals surface area contributed by atoms with Crippen LogP contribution in [0.25, 0.3) is 0 Å². The summed E-state index contributed by atoms with van der Waals surface area (Å²) in [6, 6.07) is 8.80. The molecule has 1 saturated heterocycles. The molecule has 1 aliphatic heterocycles. The molecule has 4 nitrogen and oxygen atoms in total. The van der Waals surface area contributed by atoms with Gasteiger partial charge in [0.1, 0.15) is 0 Å². The fourth-order valence-electron chi connectivity index (χ4n) is 3.37. The summed E-state index contributed by atoms with van der Waals surface area (Å²) in [5.41, 5.74) is 1.22. The van der Waals surface area contributed by atoms with Crippen LogP contribution in [0, 0.1) is 0 Å². The van der Waals surface area contributed by atoms with Gasteiger partial charge in [0.15, 0.2) is 0 Å². The van der Waals surface area contributed by atoms with Gasteiger partial charge in [-0.1, -0.05) is 31.4 Å². The van der Waals surface area contributed by atoms with E-state index in [0.29, 0.717) is 6.04 Å². The molecule has 0 spiro atoms. The van der Waals surface area contributed by atoms with Crippen molar-refractivity contribution in [1.82, 2.24) is 10.2 Å². The molecule has 0 radical (unpaired) electrons. The Morgan fingerprint density at radius 3 is 2.41 bits per heavy atom. The smallest absolute Gasteiger partial charge is 0.317 e. The molecule has 0 unspecified atom stereocenters. The Balaban J connectivity index is 1.51. The van der Waals surface area contributed by atoms with Crippen molar-refractivity contribution in [1.29, 1.82) is 0 Å². The van der Waals surface area contributed by atoms with Crippen LogP contribution in [0.4, 0.5) is 10.5 Å². The highest BCUT2D eigenvalue weighted by atomic mass is 79.9. The van der Waals surface area contributed by atoms with Crippen LogP contribution in [0.1, 0.15) is 32.1 Å². The molecule has 5 heteroatoms. The Hall–Kier alpha value is -1.23. The van der Waals surface area contributed by atoms with Gasteiger partial charge in [0.2, 0.25) is 0 Å². The second-order valence-electron chi connectivity index (χ2n) is 6.21. The molecule has 2 amide bonds. The number of benzene rings is 1. The van der Waals surface area contributed by atoms with Crippen LogP contribution < -0.4 is 10.2 Å². The normalized spacial score (nSPS) is 20.0. The Bertz CT molecular complexity index is 508. The lowest BCUT2D eigenvalue weighted by Crippen LogP contribution is -2.53. The highest BCUT2D eigenvalue weighted by Gasteiger charge is 2.24. The molecule has 1 N–H and O–H groups in total. The van der Waals surface area contributed by atoms with Gasteiger partial charge in [-0.25, -0.2) is 4.79 Å². The van der Waals surface area contributed by atoms with E-state index in [1.165, 1.54) is 24.9 Å². The standard InChI is InChI=1S/C17H24BrN3O/c18-15-8-4-5-9-16(15)20-10-12-21(13-11-20)17(22)19-14-6-2-1-3-7-14/h4-5,8-9,14H,1-3,6-7,10-13H2,(H,19,22). The lowest BCUT2D eigenvalue weighted by Gasteiger charge is -2.37. The number of hydrogen-bond donors (Lipinski definition) is 1. The van der Waals surface area contributed by atoms with E-state index in [2.05, 4.69) is 44.3 Å². The molecule has 0 bridgehead atoms. The number of halogens is 1. The number of carbonyl (C=O) groups is 1. The summed E-state index contributed by atoms with van der Waals surface area (Å²) in [6.07, 6.45) is 6.10. The van der Waals surface area contributed by atoms with Gasteiger partial charge in [0.05, 0.1) is 5.69 Å². The van der Waals surface area contributed by atoms with Gasteiger partial charge >= 0.3 is 6.03 Å². The number of nitrogens with zero attached hydrogens (tertiary/aromatic N) is 2. The number of carbonyl (C=O) groups excluding carboxylic acids is 1. The predicted molar refractivity (Wildman–Crippen MR) is 93.3 cm³/mol. The summed E-state index contributed by atoms with van der Waals surface area (Å²) in [6.45, 7) is 3.36. The van der Waals surface area contributed by atoms with E-state index in [1.807, 2.05) is 11.0 Å². The highest BCUT2D eigenvalue weighted by molar-refractivity contribution is 9.10. The summed E-state index contributed by atoms with van der Waals surface area (Å²) in [5.74, 6) is 0. The molecule has 0 atom stereocenters. The first-order chi connectivity index (χ1) is 10.7. The lowest BCUT2D eigenvalue weighted by molar-refractivity contribution is 0.186. The minimum atomic E-state index is 0.124. The van der Waals surface area contributed by atoms with E-state index in [4.69, 9.17) is 0 Å². The van der Waals surface area contributed by atoms with Gasteiger partial charge in [-0.05, 0) is 40.9 Å². The highest BCUT2D eigenvalue weighted by Crippen LogP contribution is 2.26. The minimum absolute atomic E-state index is 0.124. The third kappa shape index (κ3) is 3.75. The van der Waals surface area contributed by atoms with Gasteiger partial charge < -0.3 is 15.1 Å². The lowest BCUT2D eigenvalue weighted by atomic mass is 9.96. The fraction of sp³-hybridized carbons (Fsp3) is 0.588. The molecule has 0 aromatic heterocycles. The van der Waals surface area contributed by atoms with E-state index < -0.39 is 0 Å². The molecule has 2 fully saturated rings. The molecule has 1 aliphatic carbocycles. The van der Waals surface area contributed by atoms with Gasteiger partial charge in [-0.2, -0.15) is 0 Å². The second kappa shape index (κ2) is 7.36. The number of amides is 2. The number of piperazine rings is 1. The van der Waals surface area contributed by atoms with Gasteiger partial charge in [0.25, 0.3) is 0 Å². The average Bonchev–Trinajstić information content (AvgIpc) is 2.56. The maximum Gasteiger partial charge on any atom is 0.317 e. The first-order valence-electron chi connectivity index (χ1n) is 8.29. The van der Waals surface area contributed by atoms with Crippen LogP contribution in [-0.4, -0.2) is 43.2 Å². The van der Waals surface area contributed by atoms with Crippen LogP contribution in [0.3, 0.4) is 0 Å². The molecule has 22 heavy (non-hydrogen) atoms. The molecule has 120 valence electrons. The Morgan fingerprint density at radius 2 is 1.73 bits per heavy atom. The number of nitrogens with one attached hydrogen (secondary N) is 1. The molecule has 3 rings (SSSR count). The maximum atomic E-state index is 12.4. The number of urea groups is 1. The average molecular weight is 366 g/mol. The van der Waals surface area contributed by atoms with Crippen molar-refractivity contribution >= 4 is 27.6 Å². The topological polar surface area (TPSA) is 35.6 Å². The molecule has 1 aromatic rings. The van der Waals surface area contributed by atoms with Gasteiger partial charge in [0, 0.05) is 36.7 Å². The van der Waals surface area contributed by atoms with Gasteiger partial charge in [-0.3, -0.25) is 0 Å². The SMILES string of the molecule is O=C(NC1CCCCC1)N1CCN(c2ccccc2Br)CC1. The first-order valence-corrected chi connectivity index (χ1v) is 9.08. The Kier molecular flexibility index (Phi) is 5.24. The van der Waals surface area contributed by atoms with Crippen molar-refractivity contribution in [3.05, 3.63) is 28.7 Å². The van der Waals surface area contributed by atoms with Crippen molar-refractivity contribution in [2.45, 2.75) is 38.1 Å². The Labute approximate surface area is 141 Å². The maximum absolute atomic E-state index is 12.4. The number of rotatable bonds is 2. The summed E-state index contributed by atoms with van der Waals surface area (Å²) in [5, 5.41) is 3.21. The third-order valence-corrected chi connectivity index (χ3v) is 5.36. The fourth-order valence-corrected chi connectivity index (χ4v) is 3.91. The second-order valence-corrected chi connectivity index (χ2v) is 7.06. The summed E-state index contributed by atoms with van der Waals surface area (Å²) in [7, 11) is 0. The van der Waals surface area contributed by atoms with Gasteiger partial charge in [-0.15, -0.1) is 0 Å². The third-order valence-electron chi connectivity index (χ3n) is 4.69. The summed E-state index contributed by atoms with van der Waals surface area (Å²) < 4.78 is 1.12. The number of anilines is 1. The minimum Gasteiger partial charge on any atom is -0.367 e. The van der Waals surface area contributed by atoms with Crippen molar-refractivity contribution in [2.75, 3.05) is 31.1 Å². The van der Waals surface area contributed by atoms with E-state index in [9.17, 15) is 4.79 Å². The molecular weight excluding hydrogens is 342 g/mol. The zero-order valence-electron chi connectivity index (χ0n) is 12.9. The number of hydrogen-bond acceptors (Lipinski definition) is 2. The molecule has 1 aromatic carbocycles.